The molecule has 0 radical (unpaired) electrons. The van der Waals surface area contributed by atoms with E-state index in [1.54, 1.807) is 6.07 Å². The predicted octanol–water partition coefficient (Wildman–Crippen LogP) is 1.63. The Balaban J connectivity index is 1.63. The molecule has 1 aliphatic rings. The van der Waals surface area contributed by atoms with Gasteiger partial charge in [0.05, 0.1) is 11.2 Å². The van der Waals surface area contributed by atoms with Gasteiger partial charge in [0.25, 0.3) is 0 Å². The second-order valence-electron chi connectivity index (χ2n) is 6.06. The molecule has 11 heteroatoms. The van der Waals surface area contributed by atoms with E-state index < -0.39 is 10.8 Å². The standard InChI is InChI=1S/C16H21N7O4/c24-16(12-5-4-10-27-12)21-20-15-13(23(25)26)14(18-11-19-15)17-6-9-22-7-2-1-3-8-22/h4-5,10-11H,1-3,6-9H2,(H,21,24)(H2,17,18,19,20). The van der Waals surface area contributed by atoms with E-state index >= 15 is 0 Å². The summed E-state index contributed by atoms with van der Waals surface area (Å²) in [6.07, 6.45) is 6.15. The van der Waals surface area contributed by atoms with Crippen LogP contribution in [0.15, 0.2) is 29.1 Å². The van der Waals surface area contributed by atoms with Gasteiger partial charge in [-0.15, -0.1) is 0 Å². The maximum atomic E-state index is 11.9. The first-order valence-corrected chi connectivity index (χ1v) is 8.70. The molecular formula is C16H21N7O4. The number of likely N-dealkylation sites (tertiary alicyclic amines) is 1. The second-order valence-corrected chi connectivity index (χ2v) is 6.06. The highest BCUT2D eigenvalue weighted by molar-refractivity contribution is 5.92. The topological polar surface area (TPSA) is 138 Å². The average molecular weight is 375 g/mol. The third-order valence-corrected chi connectivity index (χ3v) is 4.21. The van der Waals surface area contributed by atoms with E-state index in [-0.39, 0.29) is 23.1 Å². The van der Waals surface area contributed by atoms with Crippen LogP contribution in [0.5, 0.6) is 0 Å². The number of nitrogens with one attached hydrogen (secondary N) is 3. The van der Waals surface area contributed by atoms with Crippen molar-refractivity contribution in [2.75, 3.05) is 36.9 Å². The molecule has 1 amide bonds. The first-order valence-electron chi connectivity index (χ1n) is 8.70. The lowest BCUT2D eigenvalue weighted by Crippen LogP contribution is -2.34. The van der Waals surface area contributed by atoms with Gasteiger partial charge >= 0.3 is 11.6 Å². The molecule has 0 saturated carbocycles. The van der Waals surface area contributed by atoms with E-state index in [1.165, 1.54) is 37.9 Å². The first-order chi connectivity index (χ1) is 13.1. The summed E-state index contributed by atoms with van der Waals surface area (Å²) in [5, 5.41) is 14.5. The minimum atomic E-state index is -0.593. The van der Waals surface area contributed by atoms with E-state index in [9.17, 15) is 14.9 Å². The van der Waals surface area contributed by atoms with Gasteiger partial charge in [-0.2, -0.15) is 0 Å². The van der Waals surface area contributed by atoms with Crippen molar-refractivity contribution >= 4 is 23.2 Å². The normalized spacial score (nSPS) is 14.5. The van der Waals surface area contributed by atoms with Crippen molar-refractivity contribution in [3.63, 3.8) is 0 Å². The van der Waals surface area contributed by atoms with E-state index in [4.69, 9.17) is 4.42 Å². The summed E-state index contributed by atoms with van der Waals surface area (Å²) < 4.78 is 4.96. The lowest BCUT2D eigenvalue weighted by atomic mass is 10.1. The quantitative estimate of drug-likeness (QED) is 0.464. The van der Waals surface area contributed by atoms with Crippen molar-refractivity contribution < 1.29 is 14.1 Å². The Morgan fingerprint density at radius 3 is 2.74 bits per heavy atom. The number of hydrogen-bond acceptors (Lipinski definition) is 9. The Hall–Kier alpha value is -3.21. The number of aromatic nitrogens is 2. The smallest absolute Gasteiger partial charge is 0.354 e. The SMILES string of the molecule is O=C(NNc1ncnc(NCCN2CCCCC2)c1[N+](=O)[O-])c1ccco1. The lowest BCUT2D eigenvalue weighted by Gasteiger charge is -2.26. The molecule has 27 heavy (non-hydrogen) atoms. The Morgan fingerprint density at radius 2 is 2.04 bits per heavy atom. The van der Waals surface area contributed by atoms with Crippen LogP contribution in [0.1, 0.15) is 29.8 Å². The van der Waals surface area contributed by atoms with Crippen LogP contribution in [-0.2, 0) is 0 Å². The molecule has 3 N–H and O–H groups in total. The molecule has 144 valence electrons. The molecule has 11 nitrogen and oxygen atoms in total. The number of carbonyl (C=O) groups is 1. The zero-order valence-corrected chi connectivity index (χ0v) is 14.7. The van der Waals surface area contributed by atoms with Crippen molar-refractivity contribution in [3.05, 3.63) is 40.6 Å². The number of furan rings is 1. The molecule has 0 aromatic carbocycles. The average Bonchev–Trinajstić information content (AvgIpc) is 3.21. The number of piperidine rings is 1. The molecule has 0 atom stereocenters. The Labute approximate surface area is 155 Å². The molecule has 0 unspecified atom stereocenters. The predicted molar refractivity (Wildman–Crippen MR) is 97.3 cm³/mol. The Kier molecular flexibility index (Phi) is 6.15. The van der Waals surface area contributed by atoms with Crippen molar-refractivity contribution in [2.24, 2.45) is 0 Å². The lowest BCUT2D eigenvalue weighted by molar-refractivity contribution is -0.383. The fourth-order valence-corrected chi connectivity index (χ4v) is 2.87. The molecule has 1 aliphatic heterocycles. The fourth-order valence-electron chi connectivity index (χ4n) is 2.87. The van der Waals surface area contributed by atoms with E-state index in [0.717, 1.165) is 19.6 Å². The number of hydrogen-bond donors (Lipinski definition) is 3. The zero-order valence-electron chi connectivity index (χ0n) is 14.7. The summed E-state index contributed by atoms with van der Waals surface area (Å²) in [4.78, 5) is 32.9. The Morgan fingerprint density at radius 1 is 1.26 bits per heavy atom. The largest absolute Gasteiger partial charge is 0.459 e. The number of anilines is 2. The number of amides is 1. The van der Waals surface area contributed by atoms with Gasteiger partial charge in [-0.1, -0.05) is 6.42 Å². The van der Waals surface area contributed by atoms with Gasteiger partial charge in [0.1, 0.15) is 6.33 Å². The maximum absolute atomic E-state index is 11.9. The van der Waals surface area contributed by atoms with Gasteiger partial charge in [-0.25, -0.2) is 9.97 Å². The van der Waals surface area contributed by atoms with Gasteiger partial charge in [0.15, 0.2) is 5.76 Å². The molecule has 3 heterocycles. The van der Waals surface area contributed by atoms with Gasteiger partial charge in [0, 0.05) is 13.1 Å². The first kappa shape index (κ1) is 18.6. The highest BCUT2D eigenvalue weighted by Crippen LogP contribution is 2.28. The monoisotopic (exact) mass is 375 g/mol. The maximum Gasteiger partial charge on any atom is 0.354 e. The number of rotatable bonds is 8. The van der Waals surface area contributed by atoms with E-state index in [1.807, 2.05) is 0 Å². The van der Waals surface area contributed by atoms with Crippen LogP contribution in [0.4, 0.5) is 17.3 Å². The zero-order chi connectivity index (χ0) is 19.1. The third-order valence-electron chi connectivity index (χ3n) is 4.21. The van der Waals surface area contributed by atoms with Crippen molar-refractivity contribution in [1.29, 1.82) is 0 Å². The summed E-state index contributed by atoms with van der Waals surface area (Å²) in [5.41, 5.74) is 4.44. The molecule has 1 saturated heterocycles. The fraction of sp³-hybridized carbons (Fsp3) is 0.438. The number of carbonyl (C=O) groups excluding carboxylic acids is 1. The molecule has 2 aromatic heterocycles. The van der Waals surface area contributed by atoms with Crippen LogP contribution in [0.2, 0.25) is 0 Å². The Bertz CT molecular complexity index is 775. The summed E-state index contributed by atoms with van der Waals surface area (Å²) in [5.74, 6) is -0.524. The van der Waals surface area contributed by atoms with Gasteiger partial charge < -0.3 is 14.6 Å². The number of nitrogens with zero attached hydrogens (tertiary/aromatic N) is 4. The van der Waals surface area contributed by atoms with Crippen LogP contribution >= 0.6 is 0 Å². The summed E-state index contributed by atoms with van der Waals surface area (Å²) in [6.45, 7) is 3.38. The minimum absolute atomic E-state index is 0.0686. The van der Waals surface area contributed by atoms with Crippen molar-refractivity contribution in [1.82, 2.24) is 20.3 Å². The van der Waals surface area contributed by atoms with Crippen LogP contribution in [0.3, 0.4) is 0 Å². The van der Waals surface area contributed by atoms with Gasteiger partial charge in [-0.3, -0.25) is 25.8 Å². The van der Waals surface area contributed by atoms with Crippen molar-refractivity contribution in [3.8, 4) is 0 Å². The second kappa shape index (κ2) is 8.94. The summed E-state index contributed by atoms with van der Waals surface area (Å²) >= 11 is 0. The van der Waals surface area contributed by atoms with Crippen LogP contribution in [0, 0.1) is 10.1 Å². The molecule has 0 spiro atoms. The van der Waals surface area contributed by atoms with Crippen LogP contribution in [-0.4, -0.2) is 51.9 Å². The summed E-state index contributed by atoms with van der Waals surface area (Å²) in [6, 6.07) is 3.03. The number of hydrazine groups is 1. The number of nitro groups is 1. The molecular weight excluding hydrogens is 354 g/mol. The van der Waals surface area contributed by atoms with Gasteiger partial charge in [-0.05, 0) is 38.1 Å². The minimum Gasteiger partial charge on any atom is -0.459 e. The summed E-state index contributed by atoms with van der Waals surface area (Å²) in [7, 11) is 0. The molecule has 3 rings (SSSR count). The third kappa shape index (κ3) is 4.91. The molecule has 0 bridgehead atoms. The van der Waals surface area contributed by atoms with Crippen LogP contribution < -0.4 is 16.2 Å². The highest BCUT2D eigenvalue weighted by atomic mass is 16.6. The molecule has 1 fully saturated rings. The van der Waals surface area contributed by atoms with Crippen molar-refractivity contribution in [2.45, 2.75) is 19.3 Å². The van der Waals surface area contributed by atoms with Gasteiger partial charge in [0.2, 0.25) is 11.6 Å². The molecule has 0 aliphatic carbocycles. The van der Waals surface area contributed by atoms with E-state index in [0.29, 0.717) is 6.54 Å². The molecule has 2 aromatic rings. The van der Waals surface area contributed by atoms with E-state index in [2.05, 4.69) is 31.0 Å². The highest BCUT2D eigenvalue weighted by Gasteiger charge is 2.23. The van der Waals surface area contributed by atoms with Crippen LogP contribution in [0.25, 0.3) is 0 Å².